The highest BCUT2D eigenvalue weighted by Crippen LogP contribution is 2.38. The minimum absolute atomic E-state index is 0.126. The molecular formula is C42H50N6O7. The standard InChI is InChI=1S/C42H50N6O7/c1-23(2)33(46-38(50)53-9)37(49)48-20-10-11-32(48)36-43-30-18-14-26-21-24(12-16-28(26)34(30)45-36)25-13-17-29-27(22-25)15-19-31(44-39(51)54-41(3,4)5)35(29)47-40(52)55-42(6,7)8/h12-19,21-23,32-33H,10-11,20H2,1-9H3,(H,43,45)(H,44,51)(H,46,50)(H,47,52)/t32-,33-/m0/s1. The number of nitrogens with one attached hydrogen (secondary N) is 4. The molecule has 0 unspecified atom stereocenters. The van der Waals surface area contributed by atoms with Crippen LogP contribution < -0.4 is 16.0 Å². The first-order valence-electron chi connectivity index (χ1n) is 18.6. The summed E-state index contributed by atoms with van der Waals surface area (Å²) in [5.74, 6) is 0.430. The average molecular weight is 751 g/mol. The van der Waals surface area contributed by atoms with Gasteiger partial charge in [0.05, 0.1) is 35.6 Å². The minimum atomic E-state index is -0.725. The number of amides is 4. The van der Waals surface area contributed by atoms with E-state index in [9.17, 15) is 19.2 Å². The lowest BCUT2D eigenvalue weighted by molar-refractivity contribution is -0.135. The van der Waals surface area contributed by atoms with E-state index in [2.05, 4.69) is 39.1 Å². The van der Waals surface area contributed by atoms with Crippen LogP contribution in [0, 0.1) is 5.92 Å². The van der Waals surface area contributed by atoms with E-state index in [1.54, 1.807) is 47.6 Å². The molecule has 0 saturated carbocycles. The number of ether oxygens (including phenoxy) is 3. The van der Waals surface area contributed by atoms with E-state index in [1.807, 2.05) is 55.1 Å². The zero-order valence-corrected chi connectivity index (χ0v) is 32.9. The van der Waals surface area contributed by atoms with Gasteiger partial charge in [0.15, 0.2) is 0 Å². The van der Waals surface area contributed by atoms with Crippen molar-refractivity contribution in [3.8, 4) is 11.1 Å². The van der Waals surface area contributed by atoms with Crippen LogP contribution in [-0.4, -0.2) is 70.0 Å². The lowest BCUT2D eigenvalue weighted by Crippen LogP contribution is -2.51. The maximum atomic E-state index is 13.7. The van der Waals surface area contributed by atoms with Crippen LogP contribution in [0.3, 0.4) is 0 Å². The molecule has 1 aliphatic heterocycles. The molecule has 1 fully saturated rings. The van der Waals surface area contributed by atoms with E-state index in [1.165, 1.54) is 7.11 Å². The van der Waals surface area contributed by atoms with E-state index in [-0.39, 0.29) is 17.9 Å². The van der Waals surface area contributed by atoms with Crippen LogP contribution in [0.4, 0.5) is 25.8 Å². The normalized spacial score (nSPS) is 15.3. The fraction of sp³-hybridized carbons (Fsp3) is 0.405. The number of hydrogen-bond donors (Lipinski definition) is 4. The van der Waals surface area contributed by atoms with Crippen molar-refractivity contribution in [3.05, 3.63) is 66.5 Å². The number of alkyl carbamates (subject to hydrolysis) is 1. The summed E-state index contributed by atoms with van der Waals surface area (Å²) in [6, 6.07) is 18.8. The number of nitrogens with zero attached hydrogens (tertiary/aromatic N) is 2. The van der Waals surface area contributed by atoms with E-state index in [0.29, 0.717) is 29.1 Å². The number of hydrogen-bond acceptors (Lipinski definition) is 8. The average Bonchev–Trinajstić information content (AvgIpc) is 3.77. The highest BCUT2D eigenvalue weighted by molar-refractivity contribution is 6.10. The lowest BCUT2D eigenvalue weighted by atomic mass is 9.97. The number of fused-ring (bicyclic) bond motifs is 4. The Labute approximate surface area is 320 Å². The van der Waals surface area contributed by atoms with E-state index >= 15 is 0 Å². The summed E-state index contributed by atoms with van der Waals surface area (Å²) in [6.07, 6.45) is -0.352. The smallest absolute Gasteiger partial charge is 0.412 e. The Morgan fingerprint density at radius 2 is 1.40 bits per heavy atom. The predicted molar refractivity (Wildman–Crippen MR) is 214 cm³/mol. The predicted octanol–water partition coefficient (Wildman–Crippen LogP) is 9.27. The van der Waals surface area contributed by atoms with Crippen molar-refractivity contribution < 1.29 is 33.4 Å². The van der Waals surface area contributed by atoms with Crippen LogP contribution in [0.2, 0.25) is 0 Å². The Kier molecular flexibility index (Phi) is 10.7. The molecule has 13 nitrogen and oxygen atoms in total. The molecule has 0 spiro atoms. The van der Waals surface area contributed by atoms with Gasteiger partial charge in [-0.05, 0) is 106 Å². The molecule has 2 heterocycles. The van der Waals surface area contributed by atoms with Crippen molar-refractivity contribution in [1.82, 2.24) is 20.2 Å². The number of aromatic nitrogens is 2. The first kappa shape index (κ1) is 38.9. The molecule has 2 atom stereocenters. The van der Waals surface area contributed by atoms with Crippen molar-refractivity contribution in [2.45, 2.75) is 91.5 Å². The van der Waals surface area contributed by atoms with Gasteiger partial charge >= 0.3 is 18.3 Å². The lowest BCUT2D eigenvalue weighted by Gasteiger charge is -2.29. The van der Waals surface area contributed by atoms with Crippen LogP contribution in [0.15, 0.2) is 60.7 Å². The fourth-order valence-electron chi connectivity index (χ4n) is 6.93. The number of anilines is 2. The number of benzene rings is 4. The van der Waals surface area contributed by atoms with Crippen molar-refractivity contribution in [1.29, 1.82) is 0 Å². The molecule has 55 heavy (non-hydrogen) atoms. The highest BCUT2D eigenvalue weighted by Gasteiger charge is 2.37. The number of likely N-dealkylation sites (tertiary alicyclic amines) is 1. The van der Waals surface area contributed by atoms with Crippen LogP contribution in [0.25, 0.3) is 43.7 Å². The third-order valence-corrected chi connectivity index (χ3v) is 9.35. The van der Waals surface area contributed by atoms with Crippen LogP contribution in [-0.2, 0) is 19.0 Å². The largest absolute Gasteiger partial charge is 0.453 e. The molecule has 290 valence electrons. The third kappa shape index (κ3) is 8.77. The molecule has 13 heteroatoms. The van der Waals surface area contributed by atoms with Gasteiger partial charge in [0, 0.05) is 17.3 Å². The van der Waals surface area contributed by atoms with Gasteiger partial charge in [-0.25, -0.2) is 19.4 Å². The Bertz CT molecular complexity index is 2280. The summed E-state index contributed by atoms with van der Waals surface area (Å²) >= 11 is 0. The number of aromatic amines is 1. The zero-order valence-electron chi connectivity index (χ0n) is 32.9. The minimum Gasteiger partial charge on any atom is -0.453 e. The monoisotopic (exact) mass is 750 g/mol. The quantitative estimate of drug-likeness (QED) is 0.120. The molecule has 4 N–H and O–H groups in total. The summed E-state index contributed by atoms with van der Waals surface area (Å²) in [5.41, 5.74) is 2.95. The second-order valence-electron chi connectivity index (χ2n) is 16.2. The third-order valence-electron chi connectivity index (χ3n) is 9.35. The van der Waals surface area contributed by atoms with E-state index in [4.69, 9.17) is 19.2 Å². The molecule has 5 aromatic rings. The zero-order chi connectivity index (χ0) is 39.8. The molecule has 1 aromatic heterocycles. The van der Waals surface area contributed by atoms with Gasteiger partial charge in [0.1, 0.15) is 23.1 Å². The van der Waals surface area contributed by atoms with Crippen molar-refractivity contribution in [2.75, 3.05) is 24.3 Å². The summed E-state index contributed by atoms with van der Waals surface area (Å²) < 4.78 is 15.8. The SMILES string of the molecule is COC(=O)N[C@H](C(=O)N1CCC[C@H]1c1nc2ccc3cc(-c4ccc5c(NC(=O)OC(C)(C)C)c(NC(=O)OC(C)(C)C)ccc5c4)ccc3c2[nH]1)C(C)C. The molecule has 0 bridgehead atoms. The second kappa shape index (κ2) is 15.1. The van der Waals surface area contributed by atoms with E-state index in [0.717, 1.165) is 51.2 Å². The molecule has 0 aliphatic carbocycles. The van der Waals surface area contributed by atoms with Crippen LogP contribution in [0.1, 0.15) is 80.1 Å². The van der Waals surface area contributed by atoms with Crippen molar-refractivity contribution in [3.63, 3.8) is 0 Å². The Hall–Kier alpha value is -5.85. The Morgan fingerprint density at radius 3 is 2.02 bits per heavy atom. The second-order valence-corrected chi connectivity index (χ2v) is 16.2. The first-order valence-corrected chi connectivity index (χ1v) is 18.6. The summed E-state index contributed by atoms with van der Waals surface area (Å²) in [4.78, 5) is 61.7. The number of carbonyl (C=O) groups is 4. The highest BCUT2D eigenvalue weighted by atomic mass is 16.6. The summed E-state index contributed by atoms with van der Waals surface area (Å²) in [7, 11) is 1.28. The topological polar surface area (TPSA) is 164 Å². The maximum absolute atomic E-state index is 13.7. The Balaban J connectivity index is 1.31. The number of H-pyrrole nitrogens is 1. The molecule has 1 aliphatic rings. The number of carbonyl (C=O) groups excluding carboxylic acids is 4. The Morgan fingerprint density at radius 1 is 0.800 bits per heavy atom. The summed E-state index contributed by atoms with van der Waals surface area (Å²) in [6.45, 7) is 15.0. The van der Waals surface area contributed by atoms with Gasteiger partial charge in [-0.2, -0.15) is 0 Å². The van der Waals surface area contributed by atoms with Gasteiger partial charge in [-0.15, -0.1) is 0 Å². The van der Waals surface area contributed by atoms with Gasteiger partial charge in [0.2, 0.25) is 5.91 Å². The first-order chi connectivity index (χ1) is 25.9. The van der Waals surface area contributed by atoms with Gasteiger partial charge in [-0.3, -0.25) is 15.4 Å². The summed E-state index contributed by atoms with van der Waals surface area (Å²) in [5, 5.41) is 11.9. The van der Waals surface area contributed by atoms with E-state index < -0.39 is 35.5 Å². The molecule has 0 radical (unpaired) electrons. The number of methoxy groups -OCH3 is 1. The maximum Gasteiger partial charge on any atom is 0.412 e. The molecule has 4 aromatic carbocycles. The number of rotatable bonds is 7. The van der Waals surface area contributed by atoms with Gasteiger partial charge in [-0.1, -0.05) is 50.2 Å². The number of imidazole rings is 1. The van der Waals surface area contributed by atoms with Crippen molar-refractivity contribution >= 4 is 68.1 Å². The molecule has 4 amide bonds. The molecular weight excluding hydrogens is 700 g/mol. The molecule has 1 saturated heterocycles. The fourth-order valence-corrected chi connectivity index (χ4v) is 6.93. The van der Waals surface area contributed by atoms with Gasteiger partial charge in [0.25, 0.3) is 0 Å². The van der Waals surface area contributed by atoms with Crippen LogP contribution >= 0.6 is 0 Å². The molecule has 6 rings (SSSR count). The van der Waals surface area contributed by atoms with Gasteiger partial charge < -0.3 is 29.4 Å². The van der Waals surface area contributed by atoms with Crippen molar-refractivity contribution in [2.24, 2.45) is 5.92 Å². The van der Waals surface area contributed by atoms with Crippen LogP contribution in [0.5, 0.6) is 0 Å².